The summed E-state index contributed by atoms with van der Waals surface area (Å²) in [4.78, 5) is 3.80. The van der Waals surface area contributed by atoms with Crippen molar-refractivity contribution in [3.05, 3.63) is 46.9 Å². The zero-order valence-electron chi connectivity index (χ0n) is 7.61. The Morgan fingerprint density at radius 2 is 2.07 bits per heavy atom. The van der Waals surface area contributed by atoms with Crippen molar-refractivity contribution in [1.82, 2.24) is 4.98 Å². The molecule has 0 saturated heterocycles. The van der Waals surface area contributed by atoms with Crippen LogP contribution in [0.1, 0.15) is 0 Å². The average molecular weight is 268 g/mol. The maximum Gasteiger partial charge on any atom is 0.145 e. The normalized spacial score (nSPS) is 10.3. The Morgan fingerprint density at radius 1 is 1.27 bits per heavy atom. The van der Waals surface area contributed by atoms with Crippen LogP contribution in [-0.2, 0) is 0 Å². The number of pyridine rings is 1. The van der Waals surface area contributed by atoms with E-state index in [1.54, 1.807) is 18.2 Å². The minimum Gasteiger partial charge on any atom is -0.506 e. The van der Waals surface area contributed by atoms with Gasteiger partial charge in [-0.25, -0.2) is 4.39 Å². The Kier molecular flexibility index (Phi) is 2.68. The third-order valence-corrected chi connectivity index (χ3v) is 2.60. The predicted molar refractivity (Wildman–Crippen MR) is 59.0 cm³/mol. The summed E-state index contributed by atoms with van der Waals surface area (Å²) in [6.07, 6.45) is 2.81. The molecule has 1 N–H and O–H groups in total. The Labute approximate surface area is 94.5 Å². The third-order valence-electron chi connectivity index (χ3n) is 1.99. The minimum atomic E-state index is -0.357. The second-order valence-electron chi connectivity index (χ2n) is 3.03. The van der Waals surface area contributed by atoms with Crippen LogP contribution in [0.5, 0.6) is 5.75 Å². The van der Waals surface area contributed by atoms with E-state index in [0.29, 0.717) is 15.6 Å². The molecule has 4 heteroatoms. The summed E-state index contributed by atoms with van der Waals surface area (Å²) < 4.78 is 14.1. The van der Waals surface area contributed by atoms with Crippen LogP contribution in [0.2, 0.25) is 0 Å². The number of aromatic nitrogens is 1. The molecule has 2 aromatic rings. The van der Waals surface area contributed by atoms with E-state index in [1.807, 2.05) is 0 Å². The predicted octanol–water partition coefficient (Wildman–Crippen LogP) is 3.36. The lowest BCUT2D eigenvalue weighted by molar-refractivity contribution is 0.473. The standard InChI is InChI=1S/C11H7BrFNO/c12-10-3-1-2-9(11(10)13)7-4-8(15)6-14-5-7/h1-6,15H. The summed E-state index contributed by atoms with van der Waals surface area (Å²) in [6.45, 7) is 0. The van der Waals surface area contributed by atoms with E-state index in [2.05, 4.69) is 20.9 Å². The van der Waals surface area contributed by atoms with Crippen molar-refractivity contribution in [1.29, 1.82) is 0 Å². The molecular formula is C11H7BrFNO. The zero-order chi connectivity index (χ0) is 10.8. The summed E-state index contributed by atoms with van der Waals surface area (Å²) in [5, 5.41) is 9.24. The first-order chi connectivity index (χ1) is 7.18. The van der Waals surface area contributed by atoms with E-state index in [1.165, 1.54) is 18.5 Å². The fourth-order valence-electron chi connectivity index (χ4n) is 1.30. The number of benzene rings is 1. The molecule has 1 heterocycles. The first-order valence-electron chi connectivity index (χ1n) is 4.27. The minimum absolute atomic E-state index is 0.0203. The Balaban J connectivity index is 2.59. The number of nitrogens with zero attached hydrogens (tertiary/aromatic N) is 1. The van der Waals surface area contributed by atoms with Gasteiger partial charge >= 0.3 is 0 Å². The molecule has 76 valence electrons. The molecule has 0 amide bonds. The molecule has 1 aromatic carbocycles. The van der Waals surface area contributed by atoms with Gasteiger partial charge in [-0.1, -0.05) is 12.1 Å². The lowest BCUT2D eigenvalue weighted by atomic mass is 10.1. The van der Waals surface area contributed by atoms with Gasteiger partial charge in [0.05, 0.1) is 10.7 Å². The monoisotopic (exact) mass is 267 g/mol. The van der Waals surface area contributed by atoms with Gasteiger partial charge in [0.25, 0.3) is 0 Å². The van der Waals surface area contributed by atoms with Gasteiger partial charge in [0.2, 0.25) is 0 Å². The van der Waals surface area contributed by atoms with Crippen molar-refractivity contribution < 1.29 is 9.50 Å². The van der Waals surface area contributed by atoms with Gasteiger partial charge in [-0.05, 0) is 28.1 Å². The number of halogens is 2. The lowest BCUT2D eigenvalue weighted by Crippen LogP contribution is -1.86. The van der Waals surface area contributed by atoms with E-state index in [9.17, 15) is 9.50 Å². The molecule has 0 aliphatic rings. The summed E-state index contributed by atoms with van der Waals surface area (Å²) >= 11 is 3.10. The molecule has 0 spiro atoms. The topological polar surface area (TPSA) is 33.1 Å². The van der Waals surface area contributed by atoms with Crippen LogP contribution in [0.3, 0.4) is 0 Å². The molecule has 0 unspecified atom stereocenters. The summed E-state index contributed by atoms with van der Waals surface area (Å²) in [7, 11) is 0. The fourth-order valence-corrected chi connectivity index (χ4v) is 1.67. The van der Waals surface area contributed by atoms with Crippen LogP contribution in [0.15, 0.2) is 41.1 Å². The van der Waals surface area contributed by atoms with E-state index in [0.717, 1.165) is 0 Å². The molecule has 0 radical (unpaired) electrons. The Bertz CT molecular complexity index is 502. The third kappa shape index (κ3) is 1.99. The highest BCUT2D eigenvalue weighted by molar-refractivity contribution is 9.10. The van der Waals surface area contributed by atoms with E-state index in [-0.39, 0.29) is 11.6 Å². The summed E-state index contributed by atoms with van der Waals surface area (Å²) in [6, 6.07) is 6.45. The molecule has 0 aliphatic heterocycles. The molecule has 1 aromatic heterocycles. The molecule has 2 rings (SSSR count). The maximum atomic E-state index is 13.7. The van der Waals surface area contributed by atoms with E-state index in [4.69, 9.17) is 0 Å². The number of hydrogen-bond donors (Lipinski definition) is 1. The SMILES string of the molecule is Oc1cncc(-c2cccc(Br)c2F)c1. The zero-order valence-corrected chi connectivity index (χ0v) is 9.20. The van der Waals surface area contributed by atoms with E-state index < -0.39 is 0 Å². The van der Waals surface area contributed by atoms with E-state index >= 15 is 0 Å². The Hall–Kier alpha value is -1.42. The van der Waals surface area contributed by atoms with Crippen LogP contribution in [-0.4, -0.2) is 10.1 Å². The van der Waals surface area contributed by atoms with Crippen LogP contribution in [0.25, 0.3) is 11.1 Å². The molecule has 0 saturated carbocycles. The highest BCUT2D eigenvalue weighted by Gasteiger charge is 2.08. The van der Waals surface area contributed by atoms with Gasteiger partial charge in [0, 0.05) is 17.3 Å². The average Bonchev–Trinajstić information content (AvgIpc) is 2.22. The van der Waals surface area contributed by atoms with Crippen molar-refractivity contribution in [2.45, 2.75) is 0 Å². The quantitative estimate of drug-likeness (QED) is 0.860. The lowest BCUT2D eigenvalue weighted by Gasteiger charge is -2.04. The van der Waals surface area contributed by atoms with Gasteiger partial charge in [0.1, 0.15) is 11.6 Å². The molecule has 15 heavy (non-hydrogen) atoms. The van der Waals surface area contributed by atoms with Crippen LogP contribution in [0.4, 0.5) is 4.39 Å². The number of hydrogen-bond acceptors (Lipinski definition) is 2. The van der Waals surface area contributed by atoms with Gasteiger partial charge in [-0.3, -0.25) is 4.98 Å². The Morgan fingerprint density at radius 3 is 2.80 bits per heavy atom. The largest absolute Gasteiger partial charge is 0.506 e. The second kappa shape index (κ2) is 3.98. The smallest absolute Gasteiger partial charge is 0.145 e. The fraction of sp³-hybridized carbons (Fsp3) is 0. The first kappa shape index (κ1) is 10.1. The van der Waals surface area contributed by atoms with Crippen LogP contribution >= 0.6 is 15.9 Å². The van der Waals surface area contributed by atoms with Gasteiger partial charge < -0.3 is 5.11 Å². The van der Waals surface area contributed by atoms with Crippen molar-refractivity contribution in [3.8, 4) is 16.9 Å². The van der Waals surface area contributed by atoms with Gasteiger partial charge in [0.15, 0.2) is 0 Å². The maximum absolute atomic E-state index is 13.7. The summed E-state index contributed by atoms with van der Waals surface area (Å²) in [5.41, 5.74) is 0.960. The van der Waals surface area contributed by atoms with Gasteiger partial charge in [-0.15, -0.1) is 0 Å². The molecular weight excluding hydrogens is 261 g/mol. The van der Waals surface area contributed by atoms with Crippen molar-refractivity contribution >= 4 is 15.9 Å². The number of aromatic hydroxyl groups is 1. The molecule has 0 fully saturated rings. The second-order valence-corrected chi connectivity index (χ2v) is 3.89. The highest BCUT2D eigenvalue weighted by atomic mass is 79.9. The molecule has 0 atom stereocenters. The van der Waals surface area contributed by atoms with Crippen molar-refractivity contribution in [2.24, 2.45) is 0 Å². The van der Waals surface area contributed by atoms with Crippen molar-refractivity contribution in [3.63, 3.8) is 0 Å². The van der Waals surface area contributed by atoms with Crippen molar-refractivity contribution in [2.75, 3.05) is 0 Å². The summed E-state index contributed by atoms with van der Waals surface area (Å²) in [5.74, 6) is -0.336. The first-order valence-corrected chi connectivity index (χ1v) is 5.06. The van der Waals surface area contributed by atoms with Crippen LogP contribution in [0, 0.1) is 5.82 Å². The number of rotatable bonds is 1. The van der Waals surface area contributed by atoms with Crippen LogP contribution < -0.4 is 0 Å². The molecule has 0 bridgehead atoms. The highest BCUT2D eigenvalue weighted by Crippen LogP contribution is 2.28. The molecule has 2 nitrogen and oxygen atoms in total. The van der Waals surface area contributed by atoms with Gasteiger partial charge in [-0.2, -0.15) is 0 Å². The molecule has 0 aliphatic carbocycles.